The van der Waals surface area contributed by atoms with Crippen molar-refractivity contribution in [1.82, 2.24) is 30.7 Å². The van der Waals surface area contributed by atoms with Gasteiger partial charge in [0, 0.05) is 18.2 Å². The minimum absolute atomic E-state index is 0.0213. The molecule has 0 aliphatic carbocycles. The van der Waals surface area contributed by atoms with Crippen LogP contribution in [0.25, 0.3) is 17.1 Å². The normalized spacial score (nSPS) is 11.2. The predicted octanol–water partition coefficient (Wildman–Crippen LogP) is 2.41. The van der Waals surface area contributed by atoms with Crippen molar-refractivity contribution in [2.75, 3.05) is 17.7 Å². The van der Waals surface area contributed by atoms with Crippen LogP contribution in [0.4, 0.5) is 11.5 Å². The Kier molecular flexibility index (Phi) is 6.99. The molecule has 2 aromatic heterocycles. The summed E-state index contributed by atoms with van der Waals surface area (Å²) < 4.78 is 11.5. The van der Waals surface area contributed by atoms with E-state index in [1.54, 1.807) is 55.5 Å². The smallest absolute Gasteiger partial charge is 0.294 e. The highest BCUT2D eigenvalue weighted by atomic mass is 16.6. The molecule has 184 valence electrons. The van der Waals surface area contributed by atoms with Crippen molar-refractivity contribution in [3.8, 4) is 22.8 Å². The fourth-order valence-corrected chi connectivity index (χ4v) is 3.33. The Morgan fingerprint density at radius 1 is 1.14 bits per heavy atom. The zero-order valence-electron chi connectivity index (χ0n) is 19.7. The van der Waals surface area contributed by atoms with E-state index >= 15 is 0 Å². The molecular weight excluding hydrogens is 466 g/mol. The first-order chi connectivity index (χ1) is 17.4. The summed E-state index contributed by atoms with van der Waals surface area (Å²) in [7, 11) is 0. The van der Waals surface area contributed by atoms with Crippen molar-refractivity contribution < 1.29 is 19.0 Å². The zero-order valence-corrected chi connectivity index (χ0v) is 19.7. The highest BCUT2D eigenvalue weighted by Crippen LogP contribution is 2.28. The molecule has 36 heavy (non-hydrogen) atoms. The Hall–Kier alpha value is -5.07. The molecule has 2 heterocycles. The number of hydrogen-bond donors (Lipinski definition) is 3. The monoisotopic (exact) mass is 489 g/mol. The number of nitrogens with two attached hydrogens (primary N) is 1. The molecule has 2 amide bonds. The average Bonchev–Trinajstić information content (AvgIpc) is 3.49. The summed E-state index contributed by atoms with van der Waals surface area (Å²) >= 11 is 0. The lowest BCUT2D eigenvalue weighted by atomic mass is 10.1. The third kappa shape index (κ3) is 5.19. The van der Waals surface area contributed by atoms with E-state index in [0.29, 0.717) is 40.6 Å². The van der Waals surface area contributed by atoms with Crippen LogP contribution >= 0.6 is 0 Å². The summed E-state index contributed by atoms with van der Waals surface area (Å²) in [6.07, 6.45) is 0. The van der Waals surface area contributed by atoms with Gasteiger partial charge in [0.2, 0.25) is 17.5 Å². The molecular formula is C23H23N9O4. The van der Waals surface area contributed by atoms with Crippen LogP contribution in [-0.2, 0) is 4.79 Å². The number of hydrogen-bond acceptors (Lipinski definition) is 10. The van der Waals surface area contributed by atoms with Gasteiger partial charge in [0.1, 0.15) is 11.4 Å². The highest BCUT2D eigenvalue weighted by molar-refractivity contribution is 6.03. The Morgan fingerprint density at radius 3 is 2.58 bits per heavy atom. The lowest BCUT2D eigenvalue weighted by Gasteiger charge is -2.08. The molecule has 13 nitrogen and oxygen atoms in total. The second-order valence-corrected chi connectivity index (χ2v) is 7.53. The first kappa shape index (κ1) is 24.1. The molecule has 0 spiro atoms. The van der Waals surface area contributed by atoms with E-state index in [4.69, 9.17) is 15.1 Å². The summed E-state index contributed by atoms with van der Waals surface area (Å²) in [6, 6.07) is 14.1. The van der Waals surface area contributed by atoms with Crippen molar-refractivity contribution >= 4 is 29.0 Å². The zero-order chi connectivity index (χ0) is 25.7. The van der Waals surface area contributed by atoms with E-state index in [1.807, 2.05) is 6.92 Å². The SMILES string of the molecule is CCOc1ccc(-c2c(C(=O)NN=C(C)c3cccc(NC(C)=O)c3)nnn2-c2nonc2N)cc1. The highest BCUT2D eigenvalue weighted by Gasteiger charge is 2.25. The molecule has 0 atom stereocenters. The molecule has 0 unspecified atom stereocenters. The van der Waals surface area contributed by atoms with Gasteiger partial charge < -0.3 is 15.8 Å². The van der Waals surface area contributed by atoms with Gasteiger partial charge in [-0.15, -0.1) is 5.10 Å². The molecule has 0 fully saturated rings. The number of hydrazone groups is 1. The van der Waals surface area contributed by atoms with E-state index in [2.05, 4.69) is 36.5 Å². The second-order valence-electron chi connectivity index (χ2n) is 7.53. The number of benzene rings is 2. The van der Waals surface area contributed by atoms with Crippen molar-refractivity contribution in [2.24, 2.45) is 5.10 Å². The maximum absolute atomic E-state index is 13.1. The average molecular weight is 489 g/mol. The number of aromatic nitrogens is 5. The largest absolute Gasteiger partial charge is 0.494 e. The molecule has 0 bridgehead atoms. The van der Waals surface area contributed by atoms with Crippen molar-refractivity contribution in [3.05, 3.63) is 59.8 Å². The Balaban J connectivity index is 1.66. The van der Waals surface area contributed by atoms with Crippen LogP contribution in [0.15, 0.2) is 58.3 Å². The lowest BCUT2D eigenvalue weighted by molar-refractivity contribution is -0.114. The number of nitrogens with one attached hydrogen (secondary N) is 2. The van der Waals surface area contributed by atoms with Crippen LogP contribution in [0.1, 0.15) is 36.8 Å². The topological polar surface area (TPSA) is 175 Å². The molecule has 0 aliphatic heterocycles. The molecule has 4 aromatic rings. The summed E-state index contributed by atoms with van der Waals surface area (Å²) in [5.41, 5.74) is 11.1. The van der Waals surface area contributed by atoms with Crippen LogP contribution < -0.4 is 21.2 Å². The molecule has 0 radical (unpaired) electrons. The number of carbonyl (C=O) groups is 2. The molecule has 4 N–H and O–H groups in total. The van der Waals surface area contributed by atoms with Crippen LogP contribution in [-0.4, -0.2) is 49.4 Å². The second kappa shape index (κ2) is 10.5. The van der Waals surface area contributed by atoms with Gasteiger partial charge in [-0.25, -0.2) is 10.1 Å². The van der Waals surface area contributed by atoms with Gasteiger partial charge in [-0.2, -0.15) is 9.78 Å². The Bertz CT molecular complexity index is 1420. The lowest BCUT2D eigenvalue weighted by Crippen LogP contribution is -2.21. The van der Waals surface area contributed by atoms with Gasteiger partial charge >= 0.3 is 0 Å². The fourth-order valence-electron chi connectivity index (χ4n) is 3.33. The van der Waals surface area contributed by atoms with Gasteiger partial charge in [-0.3, -0.25) is 9.59 Å². The van der Waals surface area contributed by atoms with E-state index in [0.717, 1.165) is 0 Å². The molecule has 0 aliphatic rings. The molecule has 0 saturated carbocycles. The predicted molar refractivity (Wildman–Crippen MR) is 131 cm³/mol. The van der Waals surface area contributed by atoms with Crippen LogP contribution in [0, 0.1) is 0 Å². The fraction of sp³-hybridized carbons (Fsp3) is 0.174. The maximum atomic E-state index is 13.1. The minimum atomic E-state index is -0.613. The summed E-state index contributed by atoms with van der Waals surface area (Å²) in [4.78, 5) is 24.5. The van der Waals surface area contributed by atoms with Gasteiger partial charge in [-0.05, 0) is 66.1 Å². The van der Waals surface area contributed by atoms with Crippen LogP contribution in [0.2, 0.25) is 0 Å². The summed E-state index contributed by atoms with van der Waals surface area (Å²) in [5.74, 6) is -0.0806. The Labute approximate surface area is 205 Å². The minimum Gasteiger partial charge on any atom is -0.494 e. The number of rotatable bonds is 8. The number of anilines is 2. The molecule has 0 saturated heterocycles. The first-order valence-electron chi connectivity index (χ1n) is 10.9. The number of carbonyl (C=O) groups excluding carboxylic acids is 2. The van der Waals surface area contributed by atoms with E-state index in [9.17, 15) is 9.59 Å². The van der Waals surface area contributed by atoms with Crippen molar-refractivity contribution in [2.45, 2.75) is 20.8 Å². The molecule has 13 heteroatoms. The molecule has 4 rings (SSSR count). The summed E-state index contributed by atoms with van der Waals surface area (Å²) in [6.45, 7) is 5.54. The van der Waals surface area contributed by atoms with Gasteiger partial charge in [-0.1, -0.05) is 17.3 Å². The van der Waals surface area contributed by atoms with Gasteiger partial charge in [0.15, 0.2) is 5.69 Å². The van der Waals surface area contributed by atoms with Gasteiger partial charge in [0.25, 0.3) is 5.91 Å². The number of ether oxygens (including phenoxy) is 1. The van der Waals surface area contributed by atoms with Crippen LogP contribution in [0.5, 0.6) is 5.75 Å². The Morgan fingerprint density at radius 2 is 1.92 bits per heavy atom. The number of nitrogens with zero attached hydrogens (tertiary/aromatic N) is 6. The molecule has 2 aromatic carbocycles. The quantitative estimate of drug-likeness (QED) is 0.248. The third-order valence-electron chi connectivity index (χ3n) is 4.95. The third-order valence-corrected chi connectivity index (χ3v) is 4.95. The number of amides is 2. The van der Waals surface area contributed by atoms with Crippen molar-refractivity contribution in [3.63, 3.8) is 0 Å². The maximum Gasteiger partial charge on any atom is 0.294 e. The number of nitrogen functional groups attached to an aromatic ring is 1. The van der Waals surface area contributed by atoms with E-state index in [1.165, 1.54) is 11.6 Å². The van der Waals surface area contributed by atoms with Gasteiger partial charge in [0.05, 0.1) is 12.3 Å². The van der Waals surface area contributed by atoms with E-state index < -0.39 is 5.91 Å². The first-order valence-corrected chi connectivity index (χ1v) is 10.9. The summed E-state index contributed by atoms with van der Waals surface area (Å²) in [5, 5.41) is 22.3. The van der Waals surface area contributed by atoms with Crippen molar-refractivity contribution in [1.29, 1.82) is 0 Å². The van der Waals surface area contributed by atoms with Crippen LogP contribution in [0.3, 0.4) is 0 Å². The standard InChI is InChI=1S/C23H23N9O4/c1-4-35-18-10-8-15(9-11-18)20-19(27-31-32(20)22-21(24)29-36-30-22)23(34)28-26-13(2)16-6-5-7-17(12-16)25-14(3)33/h5-12H,4H2,1-3H3,(H2,24,29)(H,25,33)(H,28,34). The van der Waals surface area contributed by atoms with E-state index in [-0.39, 0.29) is 23.2 Å².